The van der Waals surface area contributed by atoms with Crippen molar-refractivity contribution in [1.82, 2.24) is 0 Å². The fourth-order valence-corrected chi connectivity index (χ4v) is 1.49. The number of hydrogen-bond acceptors (Lipinski definition) is 3. The first kappa shape index (κ1) is 14.8. The zero-order valence-corrected chi connectivity index (χ0v) is 11.6. The molecule has 0 aromatic heterocycles. The third-order valence-electron chi connectivity index (χ3n) is 2.51. The van der Waals surface area contributed by atoms with Crippen LogP contribution in [0.25, 0.3) is 0 Å². The number of carbonyl (C=O) groups excluding carboxylic acids is 1. The first-order valence-electron chi connectivity index (χ1n) is 6.22. The molecule has 0 saturated heterocycles. The lowest BCUT2D eigenvalue weighted by Crippen LogP contribution is -2.40. The van der Waals surface area contributed by atoms with E-state index in [2.05, 4.69) is 0 Å². The number of hydrogen-bond donors (Lipinski definition) is 0. The molecule has 18 heavy (non-hydrogen) atoms. The van der Waals surface area contributed by atoms with Gasteiger partial charge in [0.15, 0.2) is 0 Å². The smallest absolute Gasteiger partial charge is 0.366 e. The molecule has 3 nitrogen and oxygen atoms in total. The van der Waals surface area contributed by atoms with Crippen LogP contribution >= 0.6 is 11.6 Å². The van der Waals surface area contributed by atoms with E-state index in [1.165, 1.54) is 0 Å². The van der Waals surface area contributed by atoms with Gasteiger partial charge in [-0.25, -0.2) is 4.79 Å². The summed E-state index contributed by atoms with van der Waals surface area (Å²) in [6, 6.07) is 9.03. The molecule has 1 rings (SSSR count). The van der Waals surface area contributed by atoms with E-state index in [1.54, 1.807) is 19.1 Å². The lowest BCUT2D eigenvalue weighted by Gasteiger charge is -2.24. The third kappa shape index (κ3) is 4.22. The Kier molecular flexibility index (Phi) is 5.99. The van der Waals surface area contributed by atoms with E-state index in [0.29, 0.717) is 18.8 Å². The van der Waals surface area contributed by atoms with Gasteiger partial charge in [0.25, 0.3) is 5.06 Å². The Morgan fingerprint density at radius 3 is 2.50 bits per heavy atom. The molecule has 1 atom stereocenters. The van der Waals surface area contributed by atoms with E-state index in [0.717, 1.165) is 12.8 Å². The molecule has 0 aliphatic carbocycles. The molecule has 100 valence electrons. The maximum absolute atomic E-state index is 11.9. The van der Waals surface area contributed by atoms with Crippen molar-refractivity contribution < 1.29 is 14.3 Å². The van der Waals surface area contributed by atoms with E-state index in [1.807, 2.05) is 25.1 Å². The van der Waals surface area contributed by atoms with Gasteiger partial charge >= 0.3 is 5.97 Å². The van der Waals surface area contributed by atoms with E-state index < -0.39 is 11.0 Å². The van der Waals surface area contributed by atoms with Gasteiger partial charge in [-0.1, -0.05) is 50.1 Å². The van der Waals surface area contributed by atoms with Crippen molar-refractivity contribution in [2.45, 2.75) is 38.2 Å². The van der Waals surface area contributed by atoms with E-state index in [-0.39, 0.29) is 0 Å². The summed E-state index contributed by atoms with van der Waals surface area (Å²) in [5, 5.41) is -1.44. The number of halogens is 1. The predicted molar refractivity (Wildman–Crippen MR) is 71.8 cm³/mol. The highest BCUT2D eigenvalue weighted by atomic mass is 35.5. The summed E-state index contributed by atoms with van der Waals surface area (Å²) in [6.45, 7) is 4.20. The molecular formula is C14H19ClO3. The second-order valence-corrected chi connectivity index (χ2v) is 4.60. The number of benzene rings is 1. The first-order chi connectivity index (χ1) is 8.62. The van der Waals surface area contributed by atoms with Crippen LogP contribution in [0.5, 0.6) is 5.75 Å². The van der Waals surface area contributed by atoms with Crippen LogP contribution in [0.1, 0.15) is 33.1 Å². The van der Waals surface area contributed by atoms with Crippen LogP contribution in [0.4, 0.5) is 0 Å². The monoisotopic (exact) mass is 270 g/mol. The summed E-state index contributed by atoms with van der Waals surface area (Å²) in [6.07, 6.45) is 2.14. The minimum absolute atomic E-state index is 0.342. The van der Waals surface area contributed by atoms with Gasteiger partial charge < -0.3 is 9.47 Å². The van der Waals surface area contributed by atoms with Crippen molar-refractivity contribution in [3.8, 4) is 5.75 Å². The molecule has 0 N–H and O–H groups in total. The molecule has 1 aromatic carbocycles. The molecule has 0 fully saturated rings. The number of para-hydroxylation sites is 1. The number of unbranched alkanes of at least 4 members (excludes halogenated alkanes) is 1. The summed E-state index contributed by atoms with van der Waals surface area (Å²) in [7, 11) is 0. The average molecular weight is 271 g/mol. The highest BCUT2D eigenvalue weighted by molar-refractivity contribution is 6.32. The van der Waals surface area contributed by atoms with Crippen LogP contribution in [-0.2, 0) is 9.53 Å². The van der Waals surface area contributed by atoms with E-state index >= 15 is 0 Å². The molecular weight excluding hydrogens is 252 g/mol. The standard InChI is InChI=1S/C14H19ClO3/c1-3-5-11-17-13(16)14(15,4-2)18-12-9-7-6-8-10-12/h6-10H,3-5,11H2,1-2H3. The molecule has 0 saturated carbocycles. The summed E-state index contributed by atoms with van der Waals surface area (Å²) in [5.74, 6) is 0.0331. The molecule has 0 radical (unpaired) electrons. The van der Waals surface area contributed by atoms with Gasteiger partial charge in [0.1, 0.15) is 5.75 Å². The van der Waals surface area contributed by atoms with Crippen LogP contribution in [0.3, 0.4) is 0 Å². The van der Waals surface area contributed by atoms with Crippen molar-refractivity contribution in [2.75, 3.05) is 6.61 Å². The highest BCUT2D eigenvalue weighted by Gasteiger charge is 2.38. The minimum atomic E-state index is -1.44. The van der Waals surface area contributed by atoms with Gasteiger partial charge in [-0.3, -0.25) is 0 Å². The summed E-state index contributed by atoms with van der Waals surface area (Å²) < 4.78 is 10.6. The molecule has 0 heterocycles. The van der Waals surface area contributed by atoms with Gasteiger partial charge in [0, 0.05) is 6.42 Å². The van der Waals surface area contributed by atoms with Crippen molar-refractivity contribution >= 4 is 17.6 Å². The summed E-state index contributed by atoms with van der Waals surface area (Å²) in [4.78, 5) is 11.9. The van der Waals surface area contributed by atoms with E-state index in [4.69, 9.17) is 21.1 Å². The quantitative estimate of drug-likeness (QED) is 0.430. The molecule has 0 amide bonds. The highest BCUT2D eigenvalue weighted by Crippen LogP contribution is 2.26. The van der Waals surface area contributed by atoms with Crippen LogP contribution in [0.15, 0.2) is 30.3 Å². The number of ether oxygens (including phenoxy) is 2. The summed E-state index contributed by atoms with van der Waals surface area (Å²) in [5.41, 5.74) is 0. The molecule has 1 aromatic rings. The van der Waals surface area contributed by atoms with Crippen LogP contribution in [0, 0.1) is 0 Å². The predicted octanol–water partition coefficient (Wildman–Crippen LogP) is 3.75. The van der Waals surface area contributed by atoms with Crippen LogP contribution in [-0.4, -0.2) is 17.6 Å². The topological polar surface area (TPSA) is 35.5 Å². The number of esters is 1. The second kappa shape index (κ2) is 7.27. The molecule has 1 unspecified atom stereocenters. The van der Waals surface area contributed by atoms with Crippen molar-refractivity contribution in [3.05, 3.63) is 30.3 Å². The zero-order chi connectivity index (χ0) is 13.4. The first-order valence-corrected chi connectivity index (χ1v) is 6.60. The fraction of sp³-hybridized carbons (Fsp3) is 0.500. The fourth-order valence-electron chi connectivity index (χ4n) is 1.35. The Bertz CT molecular complexity index is 367. The Balaban J connectivity index is 2.64. The van der Waals surface area contributed by atoms with Gasteiger partial charge in [0.2, 0.25) is 0 Å². The Morgan fingerprint density at radius 2 is 1.94 bits per heavy atom. The molecule has 0 bridgehead atoms. The average Bonchev–Trinajstić information content (AvgIpc) is 2.40. The molecule has 4 heteroatoms. The van der Waals surface area contributed by atoms with Crippen molar-refractivity contribution in [2.24, 2.45) is 0 Å². The minimum Gasteiger partial charge on any atom is -0.462 e. The lowest BCUT2D eigenvalue weighted by molar-refractivity contribution is -0.155. The van der Waals surface area contributed by atoms with Crippen LogP contribution < -0.4 is 4.74 Å². The van der Waals surface area contributed by atoms with Gasteiger partial charge in [0.05, 0.1) is 6.61 Å². The zero-order valence-electron chi connectivity index (χ0n) is 10.8. The Morgan fingerprint density at radius 1 is 1.28 bits per heavy atom. The number of rotatable bonds is 7. The lowest BCUT2D eigenvalue weighted by atomic mass is 10.2. The van der Waals surface area contributed by atoms with Crippen molar-refractivity contribution in [3.63, 3.8) is 0 Å². The third-order valence-corrected chi connectivity index (χ3v) is 3.01. The van der Waals surface area contributed by atoms with Crippen molar-refractivity contribution in [1.29, 1.82) is 0 Å². The van der Waals surface area contributed by atoms with E-state index in [9.17, 15) is 4.79 Å². The summed E-state index contributed by atoms with van der Waals surface area (Å²) >= 11 is 6.19. The maximum atomic E-state index is 11.9. The van der Waals surface area contributed by atoms with Gasteiger partial charge in [-0.05, 0) is 18.6 Å². The molecule has 0 aliphatic rings. The van der Waals surface area contributed by atoms with Gasteiger partial charge in [-0.15, -0.1) is 0 Å². The van der Waals surface area contributed by atoms with Gasteiger partial charge in [-0.2, -0.15) is 0 Å². The Labute approximate surface area is 113 Å². The van der Waals surface area contributed by atoms with Crippen LogP contribution in [0.2, 0.25) is 0 Å². The molecule has 0 aliphatic heterocycles. The normalized spacial score (nSPS) is 13.7. The SMILES string of the molecule is CCCCOC(=O)C(Cl)(CC)Oc1ccccc1. The largest absolute Gasteiger partial charge is 0.462 e. The number of alkyl halides is 1. The second-order valence-electron chi connectivity index (χ2n) is 3.99. The maximum Gasteiger partial charge on any atom is 0.366 e. The number of carbonyl (C=O) groups is 1. The Hall–Kier alpha value is -1.22. The molecule has 0 spiro atoms.